The third kappa shape index (κ3) is 8.16. The van der Waals surface area contributed by atoms with Gasteiger partial charge >= 0.3 is 352 Å². The van der Waals surface area contributed by atoms with Crippen LogP contribution in [0.1, 0.15) is 67.9 Å². The molecule has 0 atom stereocenters. The van der Waals surface area contributed by atoms with Gasteiger partial charge in [0, 0.05) is 37.4 Å². The van der Waals surface area contributed by atoms with Crippen molar-refractivity contribution in [2.75, 3.05) is 0 Å². The number of ether oxygens (including phenoxy) is 1. The molecule has 5 heterocycles. The predicted molar refractivity (Wildman–Crippen MR) is 340 cm³/mol. The predicted octanol–water partition coefficient (Wildman–Crippen LogP) is 19.7. The first kappa shape index (κ1) is 47.5. The molecule has 10 aromatic carbocycles. The van der Waals surface area contributed by atoms with Crippen molar-refractivity contribution in [3.05, 3.63) is 251 Å². The molecule has 0 bridgehead atoms. The maximum absolute atomic E-state index is 8.87. The minimum absolute atomic E-state index is 0.0776. The van der Waals surface area contributed by atoms with E-state index in [0.29, 0.717) is 28.4 Å². The Kier molecular flexibility index (Phi) is 10.9. The van der Waals surface area contributed by atoms with E-state index >= 15 is 0 Å². The number of nitrogens with zero attached hydrogens (tertiary/aromatic N) is 5. The molecule has 5 aromatic heterocycles. The van der Waals surface area contributed by atoms with Crippen molar-refractivity contribution in [1.82, 2.24) is 23.1 Å². The topological polar surface area (TPSA) is 41.3 Å². The van der Waals surface area contributed by atoms with E-state index in [1.165, 1.54) is 38.4 Å². The Morgan fingerprint density at radius 2 is 1.07 bits per heavy atom. The number of rotatable bonds is 8. The Balaban J connectivity index is 0.915. The number of hydrogen-bond donors (Lipinski definition) is 0. The van der Waals surface area contributed by atoms with Crippen LogP contribution in [-0.2, 0) is 30.2 Å². The molecule has 0 unspecified atom stereocenters. The second-order valence-electron chi connectivity index (χ2n) is 24.0. The fourth-order valence-corrected chi connectivity index (χ4v) is 13.6. The molecule has 7 heteroatoms. The van der Waals surface area contributed by atoms with Crippen LogP contribution in [0.2, 0.25) is 0 Å². The molecule has 0 amide bonds. The Bertz CT molecular complexity index is 5270. The Hall–Kier alpha value is -9.09. The second-order valence-corrected chi connectivity index (χ2v) is 25.1. The van der Waals surface area contributed by atoms with E-state index in [2.05, 4.69) is 255 Å². The second kappa shape index (κ2) is 19.0. The van der Waals surface area contributed by atoms with Gasteiger partial charge in [-0.15, -0.1) is 0 Å². The number of fused-ring (bicyclic) bond motifs is 10. The van der Waals surface area contributed by atoms with Gasteiger partial charge in [0.2, 0.25) is 0 Å². The minimum atomic E-state index is -2.44. The summed E-state index contributed by atoms with van der Waals surface area (Å²) in [5.74, 6) is 1.49. The summed E-state index contributed by atoms with van der Waals surface area (Å²) in [4.78, 5) is 5.12. The van der Waals surface area contributed by atoms with E-state index in [4.69, 9.17) is 13.8 Å². The molecular formula is C76H59N5OPt-2. The molecule has 0 aliphatic rings. The molecule has 406 valence electrons. The van der Waals surface area contributed by atoms with Gasteiger partial charge in [0.15, 0.2) is 0 Å². The van der Waals surface area contributed by atoms with Gasteiger partial charge in [-0.2, -0.15) is 0 Å². The van der Waals surface area contributed by atoms with Gasteiger partial charge in [0.05, 0.1) is 16.6 Å². The zero-order valence-corrected chi connectivity index (χ0v) is 49.4. The van der Waals surface area contributed by atoms with Crippen LogP contribution >= 0.6 is 0 Å². The molecule has 0 aliphatic heterocycles. The van der Waals surface area contributed by atoms with E-state index in [9.17, 15) is 0 Å². The molecule has 0 radical (unpaired) electrons. The summed E-state index contributed by atoms with van der Waals surface area (Å²) in [6.45, 7) is 13.4. The van der Waals surface area contributed by atoms with Crippen LogP contribution in [0.5, 0.6) is 11.5 Å². The third-order valence-electron chi connectivity index (χ3n) is 16.8. The monoisotopic (exact) mass is 1260 g/mol. The van der Waals surface area contributed by atoms with E-state index in [1.807, 2.05) is 43.3 Å². The number of aromatic nitrogens is 5. The summed E-state index contributed by atoms with van der Waals surface area (Å²) < 4.78 is 43.7. The molecule has 0 spiro atoms. The van der Waals surface area contributed by atoms with Crippen molar-refractivity contribution < 1.29 is 28.2 Å². The molecular weight excluding hydrogens is 1190 g/mol. The number of pyridine rings is 1. The molecule has 6 nitrogen and oxygen atoms in total. The number of benzene rings is 10. The van der Waals surface area contributed by atoms with Gasteiger partial charge in [-0.3, -0.25) is 0 Å². The SMILES string of the molecule is [2H]C([2H])([2H])c1cc(-n2c3[c-]c(Oc4[c-]c(-n5[c](=[Pt])n(-c6c(-c7ccccc7)cccc6-c6cc(C(C)(C)C)cc(C(C)(C)C)c6)c6ccccc65)ccc4C)ccc3c3cc4c5cccc6c7ccccc7n(c4cc32)c65)ncc1-c1ccccc1. The van der Waals surface area contributed by atoms with Crippen molar-refractivity contribution in [3.63, 3.8) is 0 Å². The fraction of sp³-hybridized carbons (Fsp3) is 0.132. The number of aryl methyl sites for hydroxylation is 2. The molecule has 0 saturated carbocycles. The third-order valence-corrected chi connectivity index (χ3v) is 17.8. The van der Waals surface area contributed by atoms with Gasteiger partial charge in [-0.05, 0) is 24.0 Å². The van der Waals surface area contributed by atoms with Crippen LogP contribution in [-0.4, -0.2) is 23.1 Å². The molecule has 15 aromatic rings. The van der Waals surface area contributed by atoms with Crippen LogP contribution in [0.15, 0.2) is 212 Å². The molecule has 0 N–H and O–H groups in total. The van der Waals surface area contributed by atoms with Crippen LogP contribution in [0, 0.1) is 29.7 Å². The van der Waals surface area contributed by atoms with E-state index in [-0.39, 0.29) is 16.4 Å². The number of para-hydroxylation sites is 5. The normalized spacial score (nSPS) is 13.1. The van der Waals surface area contributed by atoms with Gasteiger partial charge in [-0.25, -0.2) is 0 Å². The first-order valence-electron chi connectivity index (χ1n) is 29.8. The van der Waals surface area contributed by atoms with Crippen LogP contribution < -0.4 is 4.74 Å². The Morgan fingerprint density at radius 1 is 0.470 bits per heavy atom. The molecule has 0 fully saturated rings. The average Bonchev–Trinajstić information content (AvgIpc) is 1.55. The standard InChI is InChI=1S/C76H59N5O.Pt/c1-47-33-34-54(78-46-79(67-32-18-17-31-66(67)78)73-56(49-21-11-9-12-22-49)26-19-27-57(73)51-38-52(75(3,4)5)40-53(39-51)76(6,7)8)41-71(47)82-55-35-36-59-62-43-63-61-29-20-28-60-58-25-15-16-30-65(58)81(74(60)61)70(63)44-69(62)80(68(59)42-55)72-37-48(2)64(45-77-72)50-23-13-10-14-24-50;/h9-40,43-45H,1-8H3;/q-2;/i2D3;. The van der Waals surface area contributed by atoms with Crippen molar-refractivity contribution in [3.8, 4) is 62.1 Å². The Labute approximate surface area is 498 Å². The summed E-state index contributed by atoms with van der Waals surface area (Å²) in [6.07, 6.45) is 1.70. The maximum atomic E-state index is 8.87. The summed E-state index contributed by atoms with van der Waals surface area (Å²) in [6, 6.07) is 79.9. The van der Waals surface area contributed by atoms with Crippen molar-refractivity contribution in [2.45, 2.75) is 66.1 Å². The molecule has 0 saturated heterocycles. The van der Waals surface area contributed by atoms with Gasteiger partial charge in [0.1, 0.15) is 0 Å². The fourth-order valence-electron chi connectivity index (χ4n) is 12.5. The van der Waals surface area contributed by atoms with Gasteiger partial charge < -0.3 is 4.40 Å². The van der Waals surface area contributed by atoms with Gasteiger partial charge in [-0.1, -0.05) is 66.7 Å². The summed E-state index contributed by atoms with van der Waals surface area (Å²) in [5.41, 5.74) is 18.3. The van der Waals surface area contributed by atoms with Crippen LogP contribution in [0.4, 0.5) is 0 Å². The quantitative estimate of drug-likeness (QED) is 0.142. The summed E-state index contributed by atoms with van der Waals surface area (Å²) >= 11 is 2.50. The van der Waals surface area contributed by atoms with E-state index in [1.54, 1.807) is 12.3 Å². The summed E-state index contributed by atoms with van der Waals surface area (Å²) in [7, 11) is 0. The zero-order chi connectivity index (χ0) is 59.1. The van der Waals surface area contributed by atoms with Gasteiger partial charge in [0.25, 0.3) is 0 Å². The first-order chi connectivity index (χ1) is 41.4. The number of hydrogen-bond acceptors (Lipinski definition) is 2. The van der Waals surface area contributed by atoms with Crippen molar-refractivity contribution in [2.24, 2.45) is 0 Å². The van der Waals surface area contributed by atoms with Crippen molar-refractivity contribution in [1.29, 1.82) is 0 Å². The minimum Gasteiger partial charge on any atom is -0.0622 e. The summed E-state index contributed by atoms with van der Waals surface area (Å²) in [5, 5.41) is 6.59. The smallest absolute Gasteiger partial charge is 0.0622 e. The molecule has 15 rings (SSSR count). The van der Waals surface area contributed by atoms with Crippen LogP contribution in [0.3, 0.4) is 0 Å². The molecule has 0 aliphatic carbocycles. The average molecular weight is 1260 g/mol. The Morgan fingerprint density at radius 3 is 1.77 bits per heavy atom. The van der Waals surface area contributed by atoms with Crippen LogP contribution in [0.25, 0.3) is 122 Å². The number of imidazole rings is 1. The van der Waals surface area contributed by atoms with E-state index < -0.39 is 6.85 Å². The first-order valence-corrected chi connectivity index (χ1v) is 29.4. The van der Waals surface area contributed by atoms with E-state index in [0.717, 1.165) is 86.7 Å². The molecule has 83 heavy (non-hydrogen) atoms. The van der Waals surface area contributed by atoms with Crippen molar-refractivity contribution >= 4 is 70.9 Å². The zero-order valence-electron chi connectivity index (χ0n) is 50.2.